The number of aromatic amines is 1. The summed E-state index contributed by atoms with van der Waals surface area (Å²) in [5.41, 5.74) is 6.20. The van der Waals surface area contributed by atoms with Gasteiger partial charge in [0.25, 0.3) is 0 Å². The molecule has 32 heavy (non-hydrogen) atoms. The number of imidazole rings is 1. The first-order valence-electron chi connectivity index (χ1n) is 8.88. The van der Waals surface area contributed by atoms with Crippen molar-refractivity contribution in [2.24, 2.45) is 10.9 Å². The number of fused-ring (bicyclic) bond motifs is 1. The number of hydrogen-bond acceptors (Lipinski definition) is 6. The first-order valence-corrected chi connectivity index (χ1v) is 10.8. The van der Waals surface area contributed by atoms with Gasteiger partial charge in [-0.05, 0) is 42.3 Å². The number of alkyl halides is 3. The lowest BCUT2D eigenvalue weighted by Gasteiger charge is -2.20. The van der Waals surface area contributed by atoms with Crippen molar-refractivity contribution in [1.29, 1.82) is 0 Å². The maximum Gasteiger partial charge on any atom is 0.416 e. The Morgan fingerprint density at radius 2 is 1.97 bits per heavy atom. The van der Waals surface area contributed by atoms with E-state index in [-0.39, 0.29) is 32.9 Å². The summed E-state index contributed by atoms with van der Waals surface area (Å²) < 4.78 is 62.3. The lowest BCUT2D eigenvalue weighted by Crippen LogP contribution is -2.38. The van der Waals surface area contributed by atoms with Crippen LogP contribution in [0.4, 0.5) is 18.9 Å². The second-order valence-electron chi connectivity index (χ2n) is 6.80. The molecule has 0 bridgehead atoms. The number of nitrogens with one attached hydrogen (secondary N) is 1. The third-order valence-corrected chi connectivity index (χ3v) is 5.32. The van der Waals surface area contributed by atoms with Crippen LogP contribution in [0, 0.1) is 0 Å². The lowest BCUT2D eigenvalue weighted by molar-refractivity contribution is -0.140. The summed E-state index contributed by atoms with van der Waals surface area (Å²) in [5, 5.41) is 4.96. The van der Waals surface area contributed by atoms with E-state index in [2.05, 4.69) is 14.8 Å². The van der Waals surface area contributed by atoms with Crippen LogP contribution in [-0.2, 0) is 32.4 Å². The third kappa shape index (κ3) is 5.30. The Labute approximate surface area is 185 Å². The van der Waals surface area contributed by atoms with Gasteiger partial charge in [0.15, 0.2) is 0 Å². The van der Waals surface area contributed by atoms with E-state index in [9.17, 15) is 26.4 Å². The van der Waals surface area contributed by atoms with Gasteiger partial charge in [0, 0.05) is 6.92 Å². The molecule has 0 saturated heterocycles. The second kappa shape index (κ2) is 8.58. The highest BCUT2D eigenvalue weighted by Crippen LogP contribution is 2.32. The standard InChI is InChI=1S/C18H17ClF3N5O4S/c1-9(28)31-27(32(24,29)30)16-5-2-10(6-12(16)19)7-13(23)17-25-14-4-3-11(18(20,21)22)8-15(14)26-17/h2-6,8,13H,7,23H2,1H3,(H,25,26)(H2,24,29,30). The molecular weight excluding hydrogens is 475 g/mol. The van der Waals surface area contributed by atoms with E-state index in [4.69, 9.17) is 22.5 Å². The Bertz CT molecular complexity index is 1280. The third-order valence-electron chi connectivity index (χ3n) is 4.29. The van der Waals surface area contributed by atoms with Crippen molar-refractivity contribution in [2.75, 3.05) is 4.47 Å². The average molecular weight is 492 g/mol. The van der Waals surface area contributed by atoms with Crippen molar-refractivity contribution in [3.63, 3.8) is 0 Å². The summed E-state index contributed by atoms with van der Waals surface area (Å²) in [6, 6.07) is 6.52. The van der Waals surface area contributed by atoms with Crippen LogP contribution in [0.5, 0.6) is 0 Å². The van der Waals surface area contributed by atoms with Gasteiger partial charge in [0.2, 0.25) is 0 Å². The predicted molar refractivity (Wildman–Crippen MR) is 111 cm³/mol. The summed E-state index contributed by atoms with van der Waals surface area (Å²) in [7, 11) is -4.46. The topological polar surface area (TPSA) is 144 Å². The molecule has 0 fully saturated rings. The summed E-state index contributed by atoms with van der Waals surface area (Å²) in [6.45, 7) is 0.991. The van der Waals surface area contributed by atoms with Crippen LogP contribution < -0.4 is 15.3 Å². The normalized spacial score (nSPS) is 13.2. The smallest absolute Gasteiger partial charge is 0.341 e. The highest BCUT2D eigenvalue weighted by molar-refractivity contribution is 7.90. The maximum absolute atomic E-state index is 12.9. The van der Waals surface area contributed by atoms with Crippen LogP contribution in [0.2, 0.25) is 5.02 Å². The summed E-state index contributed by atoms with van der Waals surface area (Å²) in [4.78, 5) is 22.8. The fourth-order valence-corrected chi connectivity index (χ4v) is 3.88. The van der Waals surface area contributed by atoms with Gasteiger partial charge in [0.05, 0.1) is 27.7 Å². The number of nitrogens with two attached hydrogens (primary N) is 2. The van der Waals surface area contributed by atoms with Gasteiger partial charge in [-0.3, -0.25) is 0 Å². The minimum Gasteiger partial charge on any atom is -0.341 e. The molecular formula is C18H17ClF3N5O4S. The molecule has 0 spiro atoms. The van der Waals surface area contributed by atoms with Gasteiger partial charge in [-0.25, -0.2) is 14.9 Å². The van der Waals surface area contributed by atoms with Crippen LogP contribution in [-0.4, -0.2) is 24.4 Å². The number of carbonyl (C=O) groups excluding carboxylic acids is 1. The highest BCUT2D eigenvalue weighted by Gasteiger charge is 2.31. The molecule has 0 amide bonds. The number of nitrogens with zero attached hydrogens (tertiary/aromatic N) is 2. The van der Waals surface area contributed by atoms with Crippen LogP contribution in [0.25, 0.3) is 11.0 Å². The molecule has 172 valence electrons. The number of benzene rings is 2. The lowest BCUT2D eigenvalue weighted by atomic mass is 10.1. The monoisotopic (exact) mass is 491 g/mol. The number of carbonyl (C=O) groups is 1. The number of rotatable bonds is 6. The van der Waals surface area contributed by atoms with Crippen LogP contribution >= 0.6 is 11.6 Å². The SMILES string of the molecule is CC(=O)ON(c1ccc(CC(N)c2nc3ccc(C(F)(F)F)cc3[nH]2)cc1Cl)S(N)(=O)=O. The molecule has 1 heterocycles. The van der Waals surface area contributed by atoms with E-state index in [1.165, 1.54) is 24.3 Å². The van der Waals surface area contributed by atoms with Crippen molar-refractivity contribution in [1.82, 2.24) is 9.97 Å². The minimum atomic E-state index is -4.49. The number of anilines is 1. The largest absolute Gasteiger partial charge is 0.416 e. The number of H-pyrrole nitrogens is 1. The van der Waals surface area contributed by atoms with Gasteiger partial charge in [0.1, 0.15) is 11.5 Å². The molecule has 1 atom stereocenters. The van der Waals surface area contributed by atoms with E-state index < -0.39 is 34.0 Å². The zero-order chi connectivity index (χ0) is 23.8. The molecule has 5 N–H and O–H groups in total. The first kappa shape index (κ1) is 23.8. The summed E-state index contributed by atoms with van der Waals surface area (Å²) >= 11 is 6.14. The van der Waals surface area contributed by atoms with Gasteiger partial charge < -0.3 is 15.6 Å². The van der Waals surface area contributed by atoms with E-state index in [0.717, 1.165) is 19.1 Å². The molecule has 14 heteroatoms. The zero-order valence-corrected chi connectivity index (χ0v) is 17.9. The Balaban J connectivity index is 1.84. The number of aromatic nitrogens is 2. The predicted octanol–water partition coefficient (Wildman–Crippen LogP) is 2.97. The second-order valence-corrected chi connectivity index (χ2v) is 8.57. The Kier molecular flexibility index (Phi) is 6.38. The molecule has 1 aromatic heterocycles. The average Bonchev–Trinajstić information content (AvgIpc) is 3.08. The van der Waals surface area contributed by atoms with Gasteiger partial charge in [-0.15, -0.1) is 0 Å². The van der Waals surface area contributed by atoms with Crippen molar-refractivity contribution in [3.05, 3.63) is 58.4 Å². The summed E-state index contributed by atoms with van der Waals surface area (Å²) in [6.07, 6.45) is -4.33. The molecule has 1 unspecified atom stereocenters. The highest BCUT2D eigenvalue weighted by atomic mass is 35.5. The molecule has 3 aromatic rings. The van der Waals surface area contributed by atoms with Crippen LogP contribution in [0.1, 0.15) is 29.9 Å². The fraction of sp³-hybridized carbons (Fsp3) is 0.222. The molecule has 2 aromatic carbocycles. The maximum atomic E-state index is 12.9. The molecule has 0 aliphatic rings. The first-order chi connectivity index (χ1) is 14.8. The van der Waals surface area contributed by atoms with E-state index >= 15 is 0 Å². The minimum absolute atomic E-state index is 0.0931. The zero-order valence-electron chi connectivity index (χ0n) is 16.4. The van der Waals surface area contributed by atoms with E-state index in [1.807, 2.05) is 0 Å². The molecule has 9 nitrogen and oxygen atoms in total. The number of halogens is 4. The molecule has 0 saturated carbocycles. The van der Waals surface area contributed by atoms with Gasteiger partial charge >= 0.3 is 22.4 Å². The van der Waals surface area contributed by atoms with E-state index in [1.54, 1.807) is 0 Å². The Hall–Kier alpha value is -2.87. The molecule has 0 radical (unpaired) electrons. The van der Waals surface area contributed by atoms with Crippen LogP contribution in [0.15, 0.2) is 36.4 Å². The Morgan fingerprint density at radius 1 is 1.28 bits per heavy atom. The van der Waals surface area contributed by atoms with Crippen molar-refractivity contribution in [3.8, 4) is 0 Å². The fourth-order valence-electron chi connectivity index (χ4n) is 2.91. The Morgan fingerprint density at radius 3 is 2.53 bits per heavy atom. The van der Waals surface area contributed by atoms with Crippen molar-refractivity contribution >= 4 is 44.5 Å². The van der Waals surface area contributed by atoms with Gasteiger partial charge in [-0.2, -0.15) is 21.6 Å². The number of hydrogen-bond donors (Lipinski definition) is 3. The van der Waals surface area contributed by atoms with Gasteiger partial charge in [-0.1, -0.05) is 22.1 Å². The molecule has 0 aliphatic heterocycles. The van der Waals surface area contributed by atoms with Crippen LogP contribution in [0.3, 0.4) is 0 Å². The van der Waals surface area contributed by atoms with E-state index in [0.29, 0.717) is 11.1 Å². The molecule has 0 aliphatic carbocycles. The van der Waals surface area contributed by atoms with Crippen molar-refractivity contribution < 1.29 is 31.2 Å². The quantitative estimate of drug-likeness (QED) is 0.452. The molecule has 3 rings (SSSR count). The van der Waals surface area contributed by atoms with Crippen molar-refractivity contribution in [2.45, 2.75) is 25.6 Å². The summed E-state index contributed by atoms with van der Waals surface area (Å²) in [5.74, 6) is -0.676.